The van der Waals surface area contributed by atoms with Crippen LogP contribution in [0.1, 0.15) is 19.5 Å². The molecule has 6 heteroatoms. The second kappa shape index (κ2) is 7.26. The lowest BCUT2D eigenvalue weighted by Crippen LogP contribution is -2.34. The van der Waals surface area contributed by atoms with Crippen molar-refractivity contribution in [2.24, 2.45) is 5.92 Å². The average molecular weight is 277 g/mol. The van der Waals surface area contributed by atoms with Crippen molar-refractivity contribution in [1.82, 2.24) is 19.4 Å². The third-order valence-electron chi connectivity index (χ3n) is 2.37. The van der Waals surface area contributed by atoms with E-state index in [1.165, 1.54) is 11.5 Å². The highest BCUT2D eigenvalue weighted by molar-refractivity contribution is 7.10. The van der Waals surface area contributed by atoms with Gasteiger partial charge in [-0.2, -0.15) is 0 Å². The quantitative estimate of drug-likeness (QED) is 0.764. The van der Waals surface area contributed by atoms with Crippen molar-refractivity contribution in [3.63, 3.8) is 0 Å². The van der Waals surface area contributed by atoms with Crippen LogP contribution >= 0.6 is 23.1 Å². The zero-order valence-electron chi connectivity index (χ0n) is 11.0. The fraction of sp³-hybridized carbons (Fsp3) is 0.818. The second-order valence-corrected chi connectivity index (χ2v) is 6.28. The molecule has 0 spiro atoms. The summed E-state index contributed by atoms with van der Waals surface area (Å²) in [4.78, 5) is 4.57. The highest BCUT2D eigenvalue weighted by Gasteiger charge is 2.13. The molecule has 0 aliphatic heterocycles. The van der Waals surface area contributed by atoms with Crippen LogP contribution in [0.4, 0.5) is 0 Å². The SMILES string of the molecule is CC(C)CN(CCN(C)C)Cc1nnsc1Cl. The van der Waals surface area contributed by atoms with Gasteiger partial charge in [-0.3, -0.25) is 4.90 Å². The Balaban J connectivity index is 2.54. The molecule has 0 bridgehead atoms. The molecule has 1 heterocycles. The van der Waals surface area contributed by atoms with E-state index < -0.39 is 0 Å². The first-order valence-electron chi connectivity index (χ1n) is 5.83. The van der Waals surface area contributed by atoms with Crippen LogP contribution in [0.5, 0.6) is 0 Å². The standard InChI is InChI=1S/C11H21ClN4S/c1-9(2)7-16(6-5-15(3)4)8-10-11(12)17-14-13-10/h9H,5-8H2,1-4H3. The maximum absolute atomic E-state index is 6.04. The molecule has 1 rings (SSSR count). The van der Waals surface area contributed by atoms with Gasteiger partial charge in [0.15, 0.2) is 0 Å². The minimum absolute atomic E-state index is 0.641. The molecule has 0 amide bonds. The number of nitrogens with zero attached hydrogens (tertiary/aromatic N) is 4. The Bertz CT molecular complexity index is 327. The summed E-state index contributed by atoms with van der Waals surface area (Å²) in [7, 11) is 4.18. The van der Waals surface area contributed by atoms with E-state index in [0.29, 0.717) is 10.3 Å². The number of likely N-dealkylation sites (N-methyl/N-ethyl adjacent to an activating group) is 1. The van der Waals surface area contributed by atoms with E-state index in [-0.39, 0.29) is 0 Å². The third kappa shape index (κ3) is 5.77. The maximum Gasteiger partial charge on any atom is 0.138 e. The predicted molar refractivity (Wildman–Crippen MR) is 73.6 cm³/mol. The lowest BCUT2D eigenvalue weighted by atomic mass is 10.2. The summed E-state index contributed by atoms with van der Waals surface area (Å²) in [6.45, 7) is 8.37. The highest BCUT2D eigenvalue weighted by atomic mass is 35.5. The van der Waals surface area contributed by atoms with Crippen LogP contribution in [-0.2, 0) is 6.54 Å². The topological polar surface area (TPSA) is 32.3 Å². The summed E-state index contributed by atoms with van der Waals surface area (Å²) in [6.07, 6.45) is 0. The minimum atomic E-state index is 0.641. The Morgan fingerprint density at radius 3 is 2.47 bits per heavy atom. The zero-order valence-corrected chi connectivity index (χ0v) is 12.6. The van der Waals surface area contributed by atoms with Gasteiger partial charge in [0, 0.05) is 37.7 Å². The lowest BCUT2D eigenvalue weighted by molar-refractivity contribution is 0.209. The van der Waals surface area contributed by atoms with Crippen LogP contribution in [0, 0.1) is 5.92 Å². The molecular weight excluding hydrogens is 256 g/mol. The first kappa shape index (κ1) is 14.8. The average Bonchev–Trinajstić information content (AvgIpc) is 2.60. The number of aromatic nitrogens is 2. The molecule has 0 atom stereocenters. The molecule has 0 N–H and O–H groups in total. The van der Waals surface area contributed by atoms with Gasteiger partial charge in [0.05, 0.1) is 0 Å². The number of halogens is 1. The number of rotatable bonds is 7. The number of hydrogen-bond donors (Lipinski definition) is 0. The van der Waals surface area contributed by atoms with Crippen LogP contribution in [0.3, 0.4) is 0 Å². The van der Waals surface area contributed by atoms with Gasteiger partial charge in [0.1, 0.15) is 10.0 Å². The predicted octanol–water partition coefficient (Wildman–Crippen LogP) is 2.21. The smallest absolute Gasteiger partial charge is 0.138 e. The Morgan fingerprint density at radius 2 is 2.00 bits per heavy atom. The number of hydrogen-bond acceptors (Lipinski definition) is 5. The van der Waals surface area contributed by atoms with E-state index in [9.17, 15) is 0 Å². The van der Waals surface area contributed by atoms with E-state index in [1.807, 2.05) is 0 Å². The van der Waals surface area contributed by atoms with Gasteiger partial charge in [0.2, 0.25) is 0 Å². The monoisotopic (exact) mass is 276 g/mol. The van der Waals surface area contributed by atoms with Crippen molar-refractivity contribution >= 4 is 23.1 Å². The fourth-order valence-electron chi connectivity index (χ4n) is 1.60. The van der Waals surface area contributed by atoms with Crippen molar-refractivity contribution in [3.8, 4) is 0 Å². The van der Waals surface area contributed by atoms with E-state index in [1.54, 1.807) is 0 Å². The second-order valence-electron chi connectivity index (χ2n) is 4.93. The van der Waals surface area contributed by atoms with Crippen LogP contribution in [0.25, 0.3) is 0 Å². The molecule has 0 radical (unpaired) electrons. The minimum Gasteiger partial charge on any atom is -0.308 e. The third-order valence-corrected chi connectivity index (χ3v) is 3.35. The lowest BCUT2D eigenvalue weighted by Gasteiger charge is -2.24. The van der Waals surface area contributed by atoms with Crippen molar-refractivity contribution in [3.05, 3.63) is 10.0 Å². The van der Waals surface area contributed by atoms with Gasteiger partial charge < -0.3 is 4.90 Å². The molecule has 1 aromatic rings. The summed E-state index contributed by atoms with van der Waals surface area (Å²) in [6, 6.07) is 0. The maximum atomic E-state index is 6.04. The Hall–Kier alpha value is -0.230. The van der Waals surface area contributed by atoms with Gasteiger partial charge in [-0.25, -0.2) is 0 Å². The van der Waals surface area contributed by atoms with E-state index in [0.717, 1.165) is 31.9 Å². The summed E-state index contributed by atoms with van der Waals surface area (Å²) in [5.74, 6) is 0.641. The molecule has 0 unspecified atom stereocenters. The molecule has 98 valence electrons. The van der Waals surface area contributed by atoms with Crippen LogP contribution in [0.2, 0.25) is 4.34 Å². The largest absolute Gasteiger partial charge is 0.308 e. The van der Waals surface area contributed by atoms with Crippen LogP contribution < -0.4 is 0 Å². The van der Waals surface area contributed by atoms with Crippen molar-refractivity contribution in [2.45, 2.75) is 20.4 Å². The molecule has 17 heavy (non-hydrogen) atoms. The van der Waals surface area contributed by atoms with E-state index in [2.05, 4.69) is 47.3 Å². The van der Waals surface area contributed by atoms with Gasteiger partial charge >= 0.3 is 0 Å². The fourth-order valence-corrected chi connectivity index (χ4v) is 2.21. The van der Waals surface area contributed by atoms with Gasteiger partial charge in [-0.1, -0.05) is 29.9 Å². The Morgan fingerprint density at radius 1 is 1.29 bits per heavy atom. The van der Waals surface area contributed by atoms with Crippen molar-refractivity contribution in [2.75, 3.05) is 33.7 Å². The molecule has 1 aromatic heterocycles. The van der Waals surface area contributed by atoms with Crippen LogP contribution in [-0.4, -0.2) is 53.1 Å². The molecule has 0 fully saturated rings. The molecule has 0 saturated carbocycles. The first-order valence-corrected chi connectivity index (χ1v) is 6.98. The molecular formula is C11H21ClN4S. The molecule has 0 aromatic carbocycles. The molecule has 0 aliphatic carbocycles. The molecule has 4 nitrogen and oxygen atoms in total. The van der Waals surface area contributed by atoms with Crippen LogP contribution in [0.15, 0.2) is 0 Å². The summed E-state index contributed by atoms with van der Waals surface area (Å²) in [5, 5.41) is 4.07. The van der Waals surface area contributed by atoms with E-state index >= 15 is 0 Å². The van der Waals surface area contributed by atoms with Crippen molar-refractivity contribution < 1.29 is 0 Å². The summed E-state index contributed by atoms with van der Waals surface area (Å²) >= 11 is 7.30. The molecule has 0 aliphatic rings. The summed E-state index contributed by atoms with van der Waals surface area (Å²) < 4.78 is 4.58. The first-order chi connectivity index (χ1) is 7.99. The van der Waals surface area contributed by atoms with Crippen molar-refractivity contribution in [1.29, 1.82) is 0 Å². The van der Waals surface area contributed by atoms with Gasteiger partial charge in [0.25, 0.3) is 0 Å². The summed E-state index contributed by atoms with van der Waals surface area (Å²) in [5.41, 5.74) is 0.899. The zero-order chi connectivity index (χ0) is 12.8. The van der Waals surface area contributed by atoms with Gasteiger partial charge in [-0.15, -0.1) is 5.10 Å². The Labute approximate surface area is 113 Å². The molecule has 0 saturated heterocycles. The Kier molecular flexibility index (Phi) is 6.33. The normalized spacial score (nSPS) is 12.0. The van der Waals surface area contributed by atoms with Gasteiger partial charge in [-0.05, 0) is 20.0 Å². The highest BCUT2D eigenvalue weighted by Crippen LogP contribution is 2.19. The van der Waals surface area contributed by atoms with E-state index in [4.69, 9.17) is 11.6 Å².